The van der Waals surface area contributed by atoms with E-state index in [9.17, 15) is 18.4 Å². The Bertz CT molecular complexity index is 916. The van der Waals surface area contributed by atoms with E-state index >= 15 is 0 Å². The third-order valence-electron chi connectivity index (χ3n) is 5.35. The Morgan fingerprint density at radius 1 is 1.14 bits per heavy atom. The van der Waals surface area contributed by atoms with Crippen molar-refractivity contribution in [1.29, 1.82) is 0 Å². The highest BCUT2D eigenvalue weighted by atomic mass is 32.2. The zero-order chi connectivity index (χ0) is 20.9. The number of ether oxygens (including phenoxy) is 1. The fraction of sp³-hybridized carbons (Fsp3) is 0.381. The second-order valence-electron chi connectivity index (χ2n) is 7.16. The summed E-state index contributed by atoms with van der Waals surface area (Å²) in [6.45, 7) is 0.220. The standard InChI is InChI=1S/C21H26N2O5S/c1-28-18-10-12-19(13-11-18)29(26,27)23-14-6-5-9-17(20(23)21(24)22-25)15-16-7-3-2-4-8-16/h2-4,7-8,10-13,17,20,25H,5-6,9,14-15H2,1H3,(H,22,24)/t17-,20+/m0/s1. The van der Waals surface area contributed by atoms with Crippen molar-refractivity contribution in [2.45, 2.75) is 36.6 Å². The maximum atomic E-state index is 13.4. The molecule has 0 bridgehead atoms. The molecule has 1 saturated heterocycles. The highest BCUT2D eigenvalue weighted by Gasteiger charge is 2.41. The van der Waals surface area contributed by atoms with Gasteiger partial charge in [0.15, 0.2) is 0 Å². The summed E-state index contributed by atoms with van der Waals surface area (Å²) < 4.78 is 33.1. The van der Waals surface area contributed by atoms with Crippen LogP contribution in [0.2, 0.25) is 0 Å². The lowest BCUT2D eigenvalue weighted by molar-refractivity contribution is -0.134. The third-order valence-corrected chi connectivity index (χ3v) is 7.24. The number of nitrogens with zero attached hydrogens (tertiary/aromatic N) is 1. The first-order valence-corrected chi connectivity index (χ1v) is 11.0. The maximum absolute atomic E-state index is 13.4. The minimum absolute atomic E-state index is 0.0920. The van der Waals surface area contributed by atoms with E-state index in [4.69, 9.17) is 4.74 Å². The van der Waals surface area contributed by atoms with Crippen molar-refractivity contribution in [3.63, 3.8) is 0 Å². The first kappa shape index (κ1) is 21.3. The molecule has 2 aromatic rings. The Morgan fingerprint density at radius 3 is 2.45 bits per heavy atom. The molecule has 1 amide bonds. The van der Waals surface area contributed by atoms with Crippen LogP contribution in [0.25, 0.3) is 0 Å². The van der Waals surface area contributed by atoms with Crippen molar-refractivity contribution in [3.05, 3.63) is 60.2 Å². The minimum atomic E-state index is -3.93. The van der Waals surface area contributed by atoms with Gasteiger partial charge in [0, 0.05) is 6.54 Å². The first-order valence-electron chi connectivity index (χ1n) is 9.61. The molecule has 29 heavy (non-hydrogen) atoms. The zero-order valence-corrected chi connectivity index (χ0v) is 17.1. The molecule has 2 aromatic carbocycles. The summed E-state index contributed by atoms with van der Waals surface area (Å²) in [6.07, 6.45) is 2.70. The summed E-state index contributed by atoms with van der Waals surface area (Å²) in [5.41, 5.74) is 2.71. The number of carbonyl (C=O) groups excluding carboxylic acids is 1. The van der Waals surface area contributed by atoms with E-state index in [1.807, 2.05) is 30.3 Å². The van der Waals surface area contributed by atoms with Gasteiger partial charge in [0.2, 0.25) is 10.0 Å². The molecule has 156 valence electrons. The van der Waals surface area contributed by atoms with Crippen LogP contribution < -0.4 is 10.2 Å². The largest absolute Gasteiger partial charge is 0.497 e. The van der Waals surface area contributed by atoms with E-state index in [2.05, 4.69) is 0 Å². The number of benzene rings is 2. The molecule has 1 aliphatic heterocycles. The van der Waals surface area contributed by atoms with Gasteiger partial charge in [-0.2, -0.15) is 4.31 Å². The van der Waals surface area contributed by atoms with Gasteiger partial charge < -0.3 is 4.74 Å². The van der Waals surface area contributed by atoms with E-state index < -0.39 is 22.0 Å². The van der Waals surface area contributed by atoms with Crippen molar-refractivity contribution in [1.82, 2.24) is 9.79 Å². The lowest BCUT2D eigenvalue weighted by atomic mass is 9.88. The molecule has 1 fully saturated rings. The fourth-order valence-corrected chi connectivity index (χ4v) is 5.59. The SMILES string of the molecule is COc1ccc(S(=O)(=O)N2CCCC[C@@H](Cc3ccccc3)[C@@H]2C(=O)NO)cc1. The van der Waals surface area contributed by atoms with Crippen LogP contribution in [0.4, 0.5) is 0 Å². The van der Waals surface area contributed by atoms with Crippen LogP contribution in [0.5, 0.6) is 5.75 Å². The van der Waals surface area contributed by atoms with Crippen LogP contribution in [0.3, 0.4) is 0 Å². The van der Waals surface area contributed by atoms with Gasteiger partial charge in [-0.1, -0.05) is 36.8 Å². The molecule has 0 radical (unpaired) electrons. The average Bonchev–Trinajstić information content (AvgIpc) is 2.97. The predicted octanol–water partition coefficient (Wildman–Crippen LogP) is 2.60. The van der Waals surface area contributed by atoms with Crippen LogP contribution in [-0.2, 0) is 21.2 Å². The molecule has 0 spiro atoms. The molecular formula is C21H26N2O5S. The molecule has 1 heterocycles. The molecule has 0 unspecified atom stereocenters. The lowest BCUT2D eigenvalue weighted by Gasteiger charge is -2.32. The van der Waals surface area contributed by atoms with Crippen molar-refractivity contribution < 1.29 is 23.2 Å². The fourth-order valence-electron chi connectivity index (χ4n) is 3.90. The molecule has 1 aliphatic rings. The number of carbonyl (C=O) groups is 1. The number of rotatable bonds is 6. The van der Waals surface area contributed by atoms with E-state index in [1.54, 1.807) is 17.6 Å². The summed E-state index contributed by atoms with van der Waals surface area (Å²) in [4.78, 5) is 12.7. The number of hydrogen-bond acceptors (Lipinski definition) is 5. The smallest absolute Gasteiger partial charge is 0.262 e. The third kappa shape index (κ3) is 4.77. The second-order valence-corrected chi connectivity index (χ2v) is 9.05. The Labute approximate surface area is 171 Å². The molecule has 0 saturated carbocycles. The van der Waals surface area contributed by atoms with Gasteiger partial charge in [-0.15, -0.1) is 0 Å². The molecule has 2 atom stereocenters. The average molecular weight is 419 g/mol. The van der Waals surface area contributed by atoms with Gasteiger partial charge in [0.25, 0.3) is 5.91 Å². The Hall–Kier alpha value is -2.42. The summed E-state index contributed by atoms with van der Waals surface area (Å²) >= 11 is 0. The number of hydrogen-bond donors (Lipinski definition) is 2. The predicted molar refractivity (Wildman–Crippen MR) is 108 cm³/mol. The molecule has 8 heteroatoms. The van der Waals surface area contributed by atoms with Gasteiger partial charge in [-0.3, -0.25) is 10.0 Å². The van der Waals surface area contributed by atoms with Gasteiger partial charge in [0.1, 0.15) is 11.8 Å². The van der Waals surface area contributed by atoms with Crippen molar-refractivity contribution in [2.24, 2.45) is 5.92 Å². The van der Waals surface area contributed by atoms with Crippen LogP contribution in [0.15, 0.2) is 59.5 Å². The number of hydroxylamine groups is 1. The number of methoxy groups -OCH3 is 1. The maximum Gasteiger partial charge on any atom is 0.262 e. The monoisotopic (exact) mass is 418 g/mol. The lowest BCUT2D eigenvalue weighted by Crippen LogP contribution is -2.52. The van der Waals surface area contributed by atoms with Crippen molar-refractivity contribution >= 4 is 15.9 Å². The molecule has 0 aromatic heterocycles. The Kier molecular flexibility index (Phi) is 6.89. The first-order chi connectivity index (χ1) is 14.0. The highest BCUT2D eigenvalue weighted by molar-refractivity contribution is 7.89. The van der Waals surface area contributed by atoms with Crippen LogP contribution in [0, 0.1) is 5.92 Å². The van der Waals surface area contributed by atoms with Gasteiger partial charge in [0.05, 0.1) is 12.0 Å². The summed E-state index contributed by atoms with van der Waals surface area (Å²) in [7, 11) is -2.43. The van der Waals surface area contributed by atoms with Gasteiger partial charge in [-0.25, -0.2) is 13.9 Å². The number of sulfonamides is 1. The zero-order valence-electron chi connectivity index (χ0n) is 16.3. The number of nitrogens with one attached hydrogen (secondary N) is 1. The van der Waals surface area contributed by atoms with Crippen LogP contribution in [0.1, 0.15) is 24.8 Å². The van der Waals surface area contributed by atoms with E-state index in [0.29, 0.717) is 25.0 Å². The topological polar surface area (TPSA) is 95.9 Å². The normalized spacial score (nSPS) is 20.6. The van der Waals surface area contributed by atoms with Crippen LogP contribution in [-0.4, -0.2) is 43.5 Å². The van der Waals surface area contributed by atoms with Crippen molar-refractivity contribution in [3.8, 4) is 5.75 Å². The molecule has 2 N–H and O–H groups in total. The van der Waals surface area contributed by atoms with Gasteiger partial charge >= 0.3 is 0 Å². The Balaban J connectivity index is 1.98. The number of amides is 1. The molecular weight excluding hydrogens is 392 g/mol. The quantitative estimate of drug-likeness (QED) is 0.555. The van der Waals surface area contributed by atoms with E-state index in [0.717, 1.165) is 12.0 Å². The summed E-state index contributed by atoms with van der Waals surface area (Å²) in [6, 6.07) is 14.8. The Morgan fingerprint density at radius 2 is 1.83 bits per heavy atom. The molecule has 3 rings (SSSR count). The minimum Gasteiger partial charge on any atom is -0.497 e. The highest BCUT2D eigenvalue weighted by Crippen LogP contribution is 2.31. The molecule has 0 aliphatic carbocycles. The second kappa shape index (κ2) is 9.39. The van der Waals surface area contributed by atoms with Gasteiger partial charge in [-0.05, 0) is 55.0 Å². The van der Waals surface area contributed by atoms with Crippen molar-refractivity contribution in [2.75, 3.05) is 13.7 Å². The van der Waals surface area contributed by atoms with Crippen LogP contribution >= 0.6 is 0 Å². The summed E-state index contributed by atoms with van der Waals surface area (Å²) in [5.74, 6) is -0.406. The molecule has 7 nitrogen and oxygen atoms in total. The summed E-state index contributed by atoms with van der Waals surface area (Å²) in [5, 5.41) is 9.35. The van der Waals surface area contributed by atoms with E-state index in [1.165, 1.54) is 23.5 Å². The van der Waals surface area contributed by atoms with E-state index in [-0.39, 0.29) is 17.4 Å².